The van der Waals surface area contributed by atoms with Gasteiger partial charge in [-0.25, -0.2) is 8.78 Å². The molecule has 0 atom stereocenters. The fourth-order valence-electron chi connectivity index (χ4n) is 0.871. The Bertz CT molecular complexity index is 306. The summed E-state index contributed by atoms with van der Waals surface area (Å²) in [6, 6.07) is 2.01. The van der Waals surface area contributed by atoms with Crippen LogP contribution in [0.2, 0.25) is 0 Å². The van der Waals surface area contributed by atoms with E-state index in [0.717, 1.165) is 24.1 Å². The predicted octanol–water partition coefficient (Wildman–Crippen LogP) is 2.33. The summed E-state index contributed by atoms with van der Waals surface area (Å²) >= 11 is 0.827. The molecule has 0 bridgehead atoms. The van der Waals surface area contributed by atoms with Crippen molar-refractivity contribution in [3.05, 3.63) is 23.8 Å². The minimum absolute atomic E-state index is 0.272. The van der Waals surface area contributed by atoms with E-state index in [9.17, 15) is 8.78 Å². The average molecular weight is 205 g/mol. The van der Waals surface area contributed by atoms with Crippen LogP contribution in [0.1, 0.15) is 6.92 Å². The summed E-state index contributed by atoms with van der Waals surface area (Å²) in [4.78, 5) is 0.390. The van der Waals surface area contributed by atoms with Gasteiger partial charge in [-0.15, -0.1) is 0 Å². The molecule has 5 heteroatoms. The third-order valence-corrected chi connectivity index (χ3v) is 1.99. The van der Waals surface area contributed by atoms with Gasteiger partial charge in [0.25, 0.3) is 0 Å². The monoisotopic (exact) mass is 205 g/mol. The maximum absolute atomic E-state index is 12.7. The molecule has 0 radical (unpaired) electrons. The van der Waals surface area contributed by atoms with Gasteiger partial charge in [-0.3, -0.25) is 5.14 Å². The average Bonchev–Trinajstić information content (AvgIpc) is 2.11. The summed E-state index contributed by atoms with van der Waals surface area (Å²) < 4.78 is 30.5. The Balaban J connectivity index is 3.09. The van der Waals surface area contributed by atoms with Crippen LogP contribution in [0, 0.1) is 11.6 Å². The number of ether oxygens (including phenoxy) is 1. The second-order valence-corrected chi connectivity index (χ2v) is 2.94. The van der Waals surface area contributed by atoms with Crippen LogP contribution in [-0.2, 0) is 0 Å². The first-order chi connectivity index (χ1) is 6.19. The molecule has 72 valence electrons. The van der Waals surface area contributed by atoms with Crippen molar-refractivity contribution >= 4 is 11.9 Å². The van der Waals surface area contributed by atoms with Crippen LogP contribution >= 0.6 is 11.9 Å². The van der Waals surface area contributed by atoms with Crippen molar-refractivity contribution in [2.45, 2.75) is 11.8 Å². The summed E-state index contributed by atoms with van der Waals surface area (Å²) in [5, 5.41) is 5.25. The van der Waals surface area contributed by atoms with Crippen LogP contribution < -0.4 is 9.88 Å². The van der Waals surface area contributed by atoms with E-state index in [4.69, 9.17) is 9.88 Å². The first-order valence-corrected chi connectivity index (χ1v) is 4.55. The van der Waals surface area contributed by atoms with Crippen LogP contribution in [0.3, 0.4) is 0 Å². The standard InChI is InChI=1S/C8H9F2NOS/c1-2-12-7-3-5(9)6(10)4-8(7)13-11/h3-4H,2,11H2,1H3. The van der Waals surface area contributed by atoms with Crippen molar-refractivity contribution in [1.29, 1.82) is 0 Å². The highest BCUT2D eigenvalue weighted by Crippen LogP contribution is 2.28. The first kappa shape index (κ1) is 10.3. The molecule has 0 saturated heterocycles. The lowest BCUT2D eigenvalue weighted by Gasteiger charge is -2.07. The number of halogens is 2. The van der Waals surface area contributed by atoms with Crippen LogP contribution in [0.5, 0.6) is 5.75 Å². The molecule has 0 unspecified atom stereocenters. The Hall–Kier alpha value is -0.810. The van der Waals surface area contributed by atoms with Crippen molar-refractivity contribution in [3.8, 4) is 5.75 Å². The van der Waals surface area contributed by atoms with Gasteiger partial charge in [-0.1, -0.05) is 0 Å². The van der Waals surface area contributed by atoms with Crippen LogP contribution in [0.4, 0.5) is 8.78 Å². The molecule has 0 aliphatic heterocycles. The zero-order valence-electron chi connectivity index (χ0n) is 7.01. The third-order valence-electron chi connectivity index (χ3n) is 1.41. The van der Waals surface area contributed by atoms with E-state index in [2.05, 4.69) is 0 Å². The quantitative estimate of drug-likeness (QED) is 0.769. The van der Waals surface area contributed by atoms with Crippen LogP contribution in [0.15, 0.2) is 17.0 Å². The minimum Gasteiger partial charge on any atom is -0.493 e. The molecule has 0 aliphatic rings. The summed E-state index contributed by atoms with van der Waals surface area (Å²) in [5.74, 6) is -1.58. The van der Waals surface area contributed by atoms with Crippen molar-refractivity contribution in [3.63, 3.8) is 0 Å². The highest BCUT2D eigenvalue weighted by atomic mass is 32.2. The Kier molecular flexibility index (Phi) is 3.50. The van der Waals surface area contributed by atoms with Gasteiger partial charge in [0.15, 0.2) is 11.6 Å². The van der Waals surface area contributed by atoms with E-state index in [0.29, 0.717) is 11.5 Å². The number of nitrogens with two attached hydrogens (primary N) is 1. The first-order valence-electron chi connectivity index (χ1n) is 3.67. The zero-order chi connectivity index (χ0) is 9.84. The number of benzene rings is 1. The lowest BCUT2D eigenvalue weighted by molar-refractivity contribution is 0.328. The van der Waals surface area contributed by atoms with Crippen LogP contribution in [-0.4, -0.2) is 6.61 Å². The van der Waals surface area contributed by atoms with Gasteiger partial charge in [-0.2, -0.15) is 0 Å². The van der Waals surface area contributed by atoms with E-state index in [-0.39, 0.29) is 5.75 Å². The van der Waals surface area contributed by atoms with E-state index >= 15 is 0 Å². The fraction of sp³-hybridized carbons (Fsp3) is 0.250. The predicted molar refractivity (Wildman–Crippen MR) is 47.6 cm³/mol. The van der Waals surface area contributed by atoms with E-state index in [1.165, 1.54) is 0 Å². The molecule has 0 amide bonds. The van der Waals surface area contributed by atoms with Gasteiger partial charge in [0.1, 0.15) is 5.75 Å². The second-order valence-electron chi connectivity index (χ2n) is 2.26. The SMILES string of the molecule is CCOc1cc(F)c(F)cc1SN. The summed E-state index contributed by atoms with van der Waals surface area (Å²) in [5.41, 5.74) is 0. The molecule has 1 aromatic carbocycles. The Morgan fingerprint density at radius 3 is 2.54 bits per heavy atom. The number of hydrogen-bond donors (Lipinski definition) is 1. The maximum atomic E-state index is 12.7. The molecular weight excluding hydrogens is 196 g/mol. The molecule has 1 rings (SSSR count). The molecule has 13 heavy (non-hydrogen) atoms. The molecular formula is C8H9F2NOS. The topological polar surface area (TPSA) is 35.2 Å². The largest absolute Gasteiger partial charge is 0.493 e. The third kappa shape index (κ3) is 2.32. The molecule has 2 nitrogen and oxygen atoms in total. The van der Waals surface area contributed by atoms with Crippen molar-refractivity contribution in [2.24, 2.45) is 5.14 Å². The molecule has 1 aromatic rings. The van der Waals surface area contributed by atoms with Crippen LogP contribution in [0.25, 0.3) is 0 Å². The van der Waals surface area contributed by atoms with Gasteiger partial charge in [0.05, 0.1) is 11.5 Å². The molecule has 0 saturated carbocycles. The van der Waals surface area contributed by atoms with E-state index in [1.807, 2.05) is 0 Å². The lowest BCUT2D eigenvalue weighted by Crippen LogP contribution is -1.97. The molecule has 0 aromatic heterocycles. The molecule has 0 spiro atoms. The second kappa shape index (κ2) is 4.43. The van der Waals surface area contributed by atoms with Gasteiger partial charge < -0.3 is 4.74 Å². The normalized spacial score (nSPS) is 10.2. The highest BCUT2D eigenvalue weighted by molar-refractivity contribution is 7.97. The van der Waals surface area contributed by atoms with E-state index in [1.54, 1.807) is 6.92 Å². The van der Waals surface area contributed by atoms with Crippen molar-refractivity contribution in [2.75, 3.05) is 6.61 Å². The molecule has 0 aliphatic carbocycles. The lowest BCUT2D eigenvalue weighted by atomic mass is 10.3. The molecule has 2 N–H and O–H groups in total. The van der Waals surface area contributed by atoms with Gasteiger partial charge in [-0.05, 0) is 24.9 Å². The fourth-order valence-corrected chi connectivity index (χ4v) is 1.28. The van der Waals surface area contributed by atoms with E-state index < -0.39 is 11.6 Å². The zero-order valence-corrected chi connectivity index (χ0v) is 7.83. The van der Waals surface area contributed by atoms with Crippen molar-refractivity contribution < 1.29 is 13.5 Å². The summed E-state index contributed by atoms with van der Waals surface area (Å²) in [6.07, 6.45) is 0. The van der Waals surface area contributed by atoms with Gasteiger partial charge in [0.2, 0.25) is 0 Å². The Morgan fingerprint density at radius 2 is 2.00 bits per heavy atom. The molecule has 0 fully saturated rings. The Labute approximate surface area is 79.2 Å². The number of rotatable bonds is 3. The summed E-state index contributed by atoms with van der Waals surface area (Å²) in [6.45, 7) is 2.14. The molecule has 0 heterocycles. The number of hydrogen-bond acceptors (Lipinski definition) is 3. The minimum atomic E-state index is -0.929. The smallest absolute Gasteiger partial charge is 0.162 e. The highest BCUT2D eigenvalue weighted by Gasteiger charge is 2.09. The van der Waals surface area contributed by atoms with Gasteiger partial charge >= 0.3 is 0 Å². The maximum Gasteiger partial charge on any atom is 0.162 e. The summed E-state index contributed by atoms with van der Waals surface area (Å²) in [7, 11) is 0. The van der Waals surface area contributed by atoms with Crippen molar-refractivity contribution in [1.82, 2.24) is 0 Å². The van der Waals surface area contributed by atoms with Gasteiger partial charge in [0, 0.05) is 6.07 Å². The Morgan fingerprint density at radius 1 is 1.38 bits per heavy atom.